The van der Waals surface area contributed by atoms with E-state index in [0.717, 1.165) is 42.9 Å². The van der Waals surface area contributed by atoms with Gasteiger partial charge in [-0.3, -0.25) is 28.7 Å². The Morgan fingerprint density at radius 2 is 1.15 bits per heavy atom. The number of aromatic nitrogens is 4. The Morgan fingerprint density at radius 1 is 0.765 bits per heavy atom. The van der Waals surface area contributed by atoms with Crippen LogP contribution in [-0.2, 0) is 9.47 Å². The van der Waals surface area contributed by atoms with Crippen LogP contribution in [0.3, 0.4) is 0 Å². The quantitative estimate of drug-likeness (QED) is 0.199. The largest absolute Gasteiger partial charge is 0.394 e. The number of nitrogens with zero attached hydrogens (tertiary/aromatic N) is 2. The van der Waals surface area contributed by atoms with Crippen LogP contribution < -0.4 is 22.5 Å². The van der Waals surface area contributed by atoms with Crippen molar-refractivity contribution in [2.75, 3.05) is 13.2 Å². The van der Waals surface area contributed by atoms with Crippen molar-refractivity contribution in [2.24, 2.45) is 0 Å². The van der Waals surface area contributed by atoms with Gasteiger partial charge in [-0.05, 0) is 0 Å². The normalized spacial score (nSPS) is 33.4. The summed E-state index contributed by atoms with van der Waals surface area (Å²) in [4.78, 5) is 51.6. The molecule has 14 nitrogen and oxygen atoms in total. The second kappa shape index (κ2) is 10.2. The maximum absolute atomic E-state index is 12.3. The van der Waals surface area contributed by atoms with Gasteiger partial charge < -0.3 is 29.9 Å². The summed E-state index contributed by atoms with van der Waals surface area (Å²) in [6.07, 6.45) is -4.23. The van der Waals surface area contributed by atoms with Crippen molar-refractivity contribution < 1.29 is 29.9 Å². The van der Waals surface area contributed by atoms with Crippen molar-refractivity contribution in [3.63, 3.8) is 0 Å². The number of rotatable bonds is 7. The minimum absolute atomic E-state index is 0.533. The van der Waals surface area contributed by atoms with E-state index in [4.69, 9.17) is 9.47 Å². The van der Waals surface area contributed by atoms with Crippen LogP contribution in [0.1, 0.15) is 12.5 Å². The summed E-state index contributed by atoms with van der Waals surface area (Å²) in [7, 11) is 2.04. The van der Waals surface area contributed by atoms with E-state index in [-0.39, 0.29) is 0 Å². The lowest BCUT2D eigenvalue weighted by Gasteiger charge is -2.25. The number of aromatic amines is 2. The highest BCUT2D eigenvalue weighted by Gasteiger charge is 2.49. The molecular weight excluding hydrogens is 496 g/mol. The van der Waals surface area contributed by atoms with E-state index in [1.165, 1.54) is 12.4 Å². The van der Waals surface area contributed by atoms with Crippen LogP contribution in [-0.4, -0.2) is 87.7 Å². The van der Waals surface area contributed by atoms with Crippen LogP contribution in [0.2, 0.25) is 0 Å². The summed E-state index contributed by atoms with van der Waals surface area (Å²) in [5.74, 6) is 0. The Kier molecular flexibility index (Phi) is 7.48. The van der Waals surface area contributed by atoms with E-state index in [0.29, 0.717) is 0 Å². The summed E-state index contributed by atoms with van der Waals surface area (Å²) < 4.78 is 13.4. The SMILES string of the molecule is O=c1ccn([C@@H]2O[C@H](CO)[C@@H](O)[C@H]2SS[C@@H]2[C@H](O)[C@@H](CO)O[C@H]2n2ccc(=O)[nH]c2=O)c(=O)[nH]1. The van der Waals surface area contributed by atoms with Crippen LogP contribution >= 0.6 is 21.6 Å². The number of aliphatic hydroxyl groups excluding tert-OH is 4. The zero-order valence-electron chi connectivity index (χ0n) is 17.3. The van der Waals surface area contributed by atoms with Gasteiger partial charge in [0.2, 0.25) is 0 Å². The second-order valence-corrected chi connectivity index (χ2v) is 10.3. The third-order valence-electron chi connectivity index (χ3n) is 5.51. The average Bonchev–Trinajstić information content (AvgIpc) is 3.28. The maximum Gasteiger partial charge on any atom is 0.330 e. The zero-order chi connectivity index (χ0) is 24.6. The summed E-state index contributed by atoms with van der Waals surface area (Å²) in [6, 6.07) is 2.22. The number of H-pyrrole nitrogens is 2. The molecule has 186 valence electrons. The molecule has 0 radical (unpaired) electrons. The fourth-order valence-electron chi connectivity index (χ4n) is 3.78. The van der Waals surface area contributed by atoms with Gasteiger partial charge in [0.05, 0.1) is 35.9 Å². The van der Waals surface area contributed by atoms with Crippen molar-refractivity contribution in [3.8, 4) is 0 Å². The molecule has 0 aliphatic carbocycles. The molecule has 2 aliphatic heterocycles. The third-order valence-corrected chi connectivity index (χ3v) is 8.76. The van der Waals surface area contributed by atoms with Crippen LogP contribution in [0.5, 0.6) is 0 Å². The number of hydrogen-bond acceptors (Lipinski definition) is 12. The Labute approximate surface area is 197 Å². The lowest BCUT2D eigenvalue weighted by molar-refractivity contribution is -0.0457. The first-order valence-corrected chi connectivity index (χ1v) is 12.4. The van der Waals surface area contributed by atoms with Gasteiger partial charge in [0, 0.05) is 24.5 Å². The third kappa shape index (κ3) is 4.67. The molecule has 2 saturated heterocycles. The molecule has 0 bridgehead atoms. The first kappa shape index (κ1) is 24.9. The molecule has 2 fully saturated rings. The molecule has 8 atom stereocenters. The van der Waals surface area contributed by atoms with Crippen LogP contribution in [0.4, 0.5) is 0 Å². The van der Waals surface area contributed by atoms with E-state index in [9.17, 15) is 39.6 Å². The maximum atomic E-state index is 12.3. The minimum atomic E-state index is -1.23. The van der Waals surface area contributed by atoms with Gasteiger partial charge in [-0.15, -0.1) is 0 Å². The number of aliphatic hydroxyl groups is 4. The zero-order valence-corrected chi connectivity index (χ0v) is 18.9. The van der Waals surface area contributed by atoms with Crippen molar-refractivity contribution >= 4 is 21.6 Å². The monoisotopic (exact) mass is 518 g/mol. The summed E-state index contributed by atoms with van der Waals surface area (Å²) >= 11 is 0. The van der Waals surface area contributed by atoms with E-state index in [2.05, 4.69) is 9.97 Å². The molecule has 2 aromatic rings. The molecule has 2 aromatic heterocycles. The molecular formula is C18H22N4O10S2. The predicted octanol–water partition coefficient (Wildman–Crippen LogP) is -3.29. The summed E-state index contributed by atoms with van der Waals surface area (Å²) in [5.41, 5.74) is -2.79. The smallest absolute Gasteiger partial charge is 0.330 e. The fraction of sp³-hybridized carbons (Fsp3) is 0.556. The lowest BCUT2D eigenvalue weighted by atomic mass is 10.2. The van der Waals surface area contributed by atoms with Gasteiger partial charge >= 0.3 is 11.4 Å². The molecule has 0 spiro atoms. The standard InChI is InChI=1S/C18H22N4O10S2/c23-5-7-11(27)13(15(31-7)21-3-1-9(25)19-17(21)29)33-34-14-12(28)8(6-24)32-16(14)22-4-2-10(26)20-18(22)30/h1-4,7-8,11-16,23-24,27-28H,5-6H2,(H,19,25,29)(H,20,26,30)/t7-,8-,11-,12-,13-,14-,15-,16-/m1/s1. The number of nitrogens with one attached hydrogen (secondary N) is 2. The van der Waals surface area contributed by atoms with Crippen molar-refractivity contribution in [2.45, 2.75) is 47.4 Å². The lowest BCUT2D eigenvalue weighted by Crippen LogP contribution is -2.37. The van der Waals surface area contributed by atoms with E-state index in [1.54, 1.807) is 0 Å². The topological polar surface area (TPSA) is 209 Å². The second-order valence-electron chi connectivity index (χ2n) is 7.63. The van der Waals surface area contributed by atoms with Gasteiger partial charge in [-0.1, -0.05) is 21.6 Å². The highest BCUT2D eigenvalue weighted by Crippen LogP contribution is 2.48. The predicted molar refractivity (Wildman–Crippen MR) is 119 cm³/mol. The summed E-state index contributed by atoms with van der Waals surface area (Å²) in [5, 5.41) is 38.8. The molecule has 0 saturated carbocycles. The highest BCUT2D eigenvalue weighted by atomic mass is 33.1. The number of ether oxygens (including phenoxy) is 2. The van der Waals surface area contributed by atoms with E-state index in [1.807, 2.05) is 0 Å². The van der Waals surface area contributed by atoms with Gasteiger partial charge in [0.25, 0.3) is 11.1 Å². The highest BCUT2D eigenvalue weighted by molar-refractivity contribution is 8.77. The van der Waals surface area contributed by atoms with Gasteiger partial charge in [0.15, 0.2) is 12.5 Å². The first-order chi connectivity index (χ1) is 16.2. The van der Waals surface area contributed by atoms with Crippen LogP contribution in [0, 0.1) is 0 Å². The van der Waals surface area contributed by atoms with Gasteiger partial charge in [0.1, 0.15) is 12.2 Å². The van der Waals surface area contributed by atoms with Crippen LogP contribution in [0.15, 0.2) is 43.7 Å². The van der Waals surface area contributed by atoms with Crippen molar-refractivity contribution in [1.29, 1.82) is 0 Å². The molecule has 4 rings (SSSR count). The molecule has 2 aliphatic rings. The van der Waals surface area contributed by atoms with Crippen molar-refractivity contribution in [1.82, 2.24) is 19.1 Å². The molecule has 6 N–H and O–H groups in total. The van der Waals surface area contributed by atoms with Crippen molar-refractivity contribution in [3.05, 3.63) is 66.2 Å². The number of hydrogen-bond donors (Lipinski definition) is 6. The molecule has 0 amide bonds. The molecule has 0 unspecified atom stereocenters. The minimum Gasteiger partial charge on any atom is -0.394 e. The first-order valence-electron chi connectivity index (χ1n) is 10.1. The van der Waals surface area contributed by atoms with Gasteiger partial charge in [-0.25, -0.2) is 9.59 Å². The van der Waals surface area contributed by atoms with Gasteiger partial charge in [-0.2, -0.15) is 0 Å². The molecule has 16 heteroatoms. The van der Waals surface area contributed by atoms with E-state index >= 15 is 0 Å². The Bertz CT molecular complexity index is 1150. The molecule has 34 heavy (non-hydrogen) atoms. The fourth-order valence-corrected chi connectivity index (χ4v) is 7.22. The van der Waals surface area contributed by atoms with Crippen LogP contribution in [0.25, 0.3) is 0 Å². The Hall–Kier alpha value is -2.18. The average molecular weight is 519 g/mol. The van der Waals surface area contributed by atoms with E-state index < -0.39 is 83.1 Å². The Balaban J connectivity index is 1.61. The molecule has 4 heterocycles. The molecule has 0 aromatic carbocycles. The Morgan fingerprint density at radius 3 is 1.47 bits per heavy atom. The summed E-state index contributed by atoms with van der Waals surface area (Å²) in [6.45, 7) is -1.07.